The average molecular weight is 206 g/mol. The van der Waals surface area contributed by atoms with E-state index < -0.39 is 5.41 Å². The lowest BCUT2D eigenvalue weighted by Gasteiger charge is -2.17. The highest BCUT2D eigenvalue weighted by molar-refractivity contribution is 5.78. The first-order chi connectivity index (χ1) is 6.82. The maximum absolute atomic E-state index is 11.7. The Hall–Kier alpha value is -1.31. The zero-order valence-corrected chi connectivity index (χ0v) is 10.0. The van der Waals surface area contributed by atoms with Gasteiger partial charge in [-0.15, -0.1) is 0 Å². The van der Waals surface area contributed by atoms with Gasteiger partial charge >= 0.3 is 5.97 Å². The van der Waals surface area contributed by atoms with Crippen LogP contribution in [0.2, 0.25) is 0 Å². The van der Waals surface area contributed by atoms with E-state index in [1.165, 1.54) is 0 Å². The first-order valence-corrected chi connectivity index (χ1v) is 5.11. The van der Waals surface area contributed by atoms with Gasteiger partial charge in [-0.1, -0.05) is 12.1 Å². The monoisotopic (exact) mass is 206 g/mol. The van der Waals surface area contributed by atoms with E-state index in [4.69, 9.17) is 4.74 Å². The molecule has 82 valence electrons. The molecule has 2 nitrogen and oxygen atoms in total. The highest BCUT2D eigenvalue weighted by atomic mass is 16.5. The quantitative estimate of drug-likeness (QED) is 0.520. The number of rotatable bonds is 1. The Morgan fingerprint density at radius 1 is 1.20 bits per heavy atom. The predicted molar refractivity (Wildman–Crippen MR) is 61.0 cm³/mol. The Kier molecular flexibility index (Phi) is 3.18. The van der Waals surface area contributed by atoms with Crippen LogP contribution in [0.5, 0.6) is 5.75 Å². The lowest BCUT2D eigenvalue weighted by atomic mass is 9.97. The van der Waals surface area contributed by atoms with E-state index in [1.807, 2.05) is 52.8 Å². The molecule has 0 N–H and O–H groups in total. The topological polar surface area (TPSA) is 26.3 Å². The van der Waals surface area contributed by atoms with E-state index in [0.717, 1.165) is 11.1 Å². The highest BCUT2D eigenvalue weighted by Gasteiger charge is 2.24. The van der Waals surface area contributed by atoms with Crippen molar-refractivity contribution in [3.63, 3.8) is 0 Å². The Morgan fingerprint density at radius 3 is 2.33 bits per heavy atom. The van der Waals surface area contributed by atoms with Gasteiger partial charge < -0.3 is 4.74 Å². The van der Waals surface area contributed by atoms with Crippen LogP contribution in [0.1, 0.15) is 31.9 Å². The van der Waals surface area contributed by atoms with Crippen LogP contribution in [0.15, 0.2) is 18.2 Å². The summed E-state index contributed by atoms with van der Waals surface area (Å²) in [5, 5.41) is 0. The molecule has 0 atom stereocenters. The molecule has 0 saturated carbocycles. The van der Waals surface area contributed by atoms with Gasteiger partial charge in [-0.3, -0.25) is 4.79 Å². The van der Waals surface area contributed by atoms with Crippen LogP contribution in [0.25, 0.3) is 0 Å². The minimum Gasteiger partial charge on any atom is -0.426 e. The van der Waals surface area contributed by atoms with E-state index in [9.17, 15) is 4.79 Å². The molecular weight excluding hydrogens is 188 g/mol. The molecule has 0 saturated heterocycles. The molecule has 0 bridgehead atoms. The second-order valence-corrected chi connectivity index (χ2v) is 4.84. The summed E-state index contributed by atoms with van der Waals surface area (Å²) in [5.74, 6) is 0.464. The maximum Gasteiger partial charge on any atom is 0.316 e. The van der Waals surface area contributed by atoms with Gasteiger partial charge in [0.05, 0.1) is 5.41 Å². The molecule has 0 heterocycles. The summed E-state index contributed by atoms with van der Waals surface area (Å²) in [6.45, 7) is 9.51. The maximum atomic E-state index is 11.7. The third-order valence-electron chi connectivity index (χ3n) is 2.37. The molecule has 0 aliphatic rings. The van der Waals surface area contributed by atoms with Gasteiger partial charge in [0.15, 0.2) is 0 Å². The van der Waals surface area contributed by atoms with Crippen molar-refractivity contribution < 1.29 is 9.53 Å². The number of hydrogen-bond acceptors (Lipinski definition) is 2. The number of carbonyl (C=O) groups is 1. The van der Waals surface area contributed by atoms with E-state index in [0.29, 0.717) is 5.75 Å². The van der Waals surface area contributed by atoms with Gasteiger partial charge in [-0.2, -0.15) is 0 Å². The zero-order chi connectivity index (χ0) is 11.6. The Morgan fingerprint density at radius 2 is 1.80 bits per heavy atom. The van der Waals surface area contributed by atoms with Crippen LogP contribution in [-0.4, -0.2) is 5.97 Å². The van der Waals surface area contributed by atoms with Gasteiger partial charge in [0.25, 0.3) is 0 Å². The zero-order valence-electron chi connectivity index (χ0n) is 10.0. The lowest BCUT2D eigenvalue weighted by Crippen LogP contribution is -2.25. The molecule has 1 aromatic rings. The van der Waals surface area contributed by atoms with Gasteiger partial charge in [-0.05, 0) is 51.8 Å². The third-order valence-corrected chi connectivity index (χ3v) is 2.37. The molecule has 0 spiro atoms. The van der Waals surface area contributed by atoms with Gasteiger partial charge in [0, 0.05) is 0 Å². The van der Waals surface area contributed by atoms with Crippen molar-refractivity contribution in [2.24, 2.45) is 5.41 Å². The highest BCUT2D eigenvalue weighted by Crippen LogP contribution is 2.24. The van der Waals surface area contributed by atoms with Crippen LogP contribution < -0.4 is 4.74 Å². The largest absolute Gasteiger partial charge is 0.426 e. The van der Waals surface area contributed by atoms with Crippen molar-refractivity contribution in [1.29, 1.82) is 0 Å². The summed E-state index contributed by atoms with van der Waals surface area (Å²) in [4.78, 5) is 11.7. The van der Waals surface area contributed by atoms with Gasteiger partial charge in [0.1, 0.15) is 5.75 Å². The van der Waals surface area contributed by atoms with E-state index in [1.54, 1.807) is 0 Å². The Balaban J connectivity index is 2.91. The summed E-state index contributed by atoms with van der Waals surface area (Å²) in [7, 11) is 0. The molecular formula is C13H18O2. The fraction of sp³-hybridized carbons (Fsp3) is 0.462. The fourth-order valence-corrected chi connectivity index (χ4v) is 1.09. The molecule has 0 aliphatic carbocycles. The molecule has 0 fully saturated rings. The number of benzene rings is 1. The van der Waals surface area contributed by atoms with Crippen molar-refractivity contribution in [3.05, 3.63) is 29.3 Å². The van der Waals surface area contributed by atoms with Crippen LogP contribution >= 0.6 is 0 Å². The molecule has 0 radical (unpaired) electrons. The molecule has 0 unspecified atom stereocenters. The number of carbonyl (C=O) groups excluding carboxylic acids is 1. The van der Waals surface area contributed by atoms with Crippen LogP contribution in [-0.2, 0) is 4.79 Å². The second-order valence-electron chi connectivity index (χ2n) is 4.84. The summed E-state index contributed by atoms with van der Waals surface area (Å²) < 4.78 is 5.35. The third kappa shape index (κ3) is 2.82. The summed E-state index contributed by atoms with van der Waals surface area (Å²) in [6, 6.07) is 5.73. The predicted octanol–water partition coefficient (Wildman–Crippen LogP) is 3.25. The standard InChI is InChI=1S/C13H18O2/c1-9-7-6-8-11(10(9)2)15-12(14)13(3,4)5/h6-8H,1-5H3. The molecule has 1 rings (SSSR count). The van der Waals surface area contributed by atoms with Gasteiger partial charge in [-0.25, -0.2) is 0 Å². The normalized spacial score (nSPS) is 11.3. The van der Waals surface area contributed by atoms with Crippen LogP contribution in [0, 0.1) is 19.3 Å². The van der Waals surface area contributed by atoms with Crippen molar-refractivity contribution >= 4 is 5.97 Å². The van der Waals surface area contributed by atoms with E-state index >= 15 is 0 Å². The van der Waals surface area contributed by atoms with Gasteiger partial charge in [0.2, 0.25) is 0 Å². The summed E-state index contributed by atoms with van der Waals surface area (Å²) in [5.41, 5.74) is 1.69. The lowest BCUT2D eigenvalue weighted by molar-refractivity contribution is -0.143. The van der Waals surface area contributed by atoms with E-state index in [2.05, 4.69) is 0 Å². The average Bonchev–Trinajstić information content (AvgIpc) is 2.11. The van der Waals surface area contributed by atoms with Crippen LogP contribution in [0.3, 0.4) is 0 Å². The first-order valence-electron chi connectivity index (χ1n) is 5.11. The summed E-state index contributed by atoms with van der Waals surface area (Å²) >= 11 is 0. The Bertz CT molecular complexity index is 373. The SMILES string of the molecule is Cc1cccc(OC(=O)C(C)(C)C)c1C. The summed E-state index contributed by atoms with van der Waals surface area (Å²) in [6.07, 6.45) is 0. The number of hydrogen-bond donors (Lipinski definition) is 0. The minimum atomic E-state index is -0.462. The molecule has 15 heavy (non-hydrogen) atoms. The van der Waals surface area contributed by atoms with Crippen molar-refractivity contribution in [2.45, 2.75) is 34.6 Å². The number of esters is 1. The molecule has 2 heteroatoms. The van der Waals surface area contributed by atoms with E-state index in [-0.39, 0.29) is 5.97 Å². The van der Waals surface area contributed by atoms with Crippen LogP contribution in [0.4, 0.5) is 0 Å². The minimum absolute atomic E-state index is 0.198. The second kappa shape index (κ2) is 4.05. The van der Waals surface area contributed by atoms with Crippen molar-refractivity contribution in [3.8, 4) is 5.75 Å². The molecule has 0 aromatic heterocycles. The Labute approximate surface area is 91.3 Å². The molecule has 0 amide bonds. The number of ether oxygens (including phenoxy) is 1. The first kappa shape index (κ1) is 11.8. The molecule has 1 aromatic carbocycles. The number of aryl methyl sites for hydroxylation is 1. The molecule has 0 aliphatic heterocycles. The smallest absolute Gasteiger partial charge is 0.316 e. The fourth-order valence-electron chi connectivity index (χ4n) is 1.09. The van der Waals surface area contributed by atoms with Crippen molar-refractivity contribution in [2.75, 3.05) is 0 Å². The van der Waals surface area contributed by atoms with Crippen molar-refractivity contribution in [1.82, 2.24) is 0 Å².